The average molecular weight is 367 g/mol. The molecule has 1 unspecified atom stereocenters. The SMILES string of the molecule is NCC1CCCc2c1c(C1CCCCC1)nn2Cc1ccc(C(=O)O)cc1. The second-order valence-electron chi connectivity index (χ2n) is 8.07. The predicted octanol–water partition coefficient (Wildman–Crippen LogP) is 4.06. The van der Waals surface area contributed by atoms with Gasteiger partial charge in [0.15, 0.2) is 0 Å². The van der Waals surface area contributed by atoms with Gasteiger partial charge in [-0.3, -0.25) is 4.68 Å². The normalized spacial score (nSPS) is 20.4. The van der Waals surface area contributed by atoms with E-state index in [1.54, 1.807) is 12.1 Å². The third-order valence-corrected chi connectivity index (χ3v) is 6.31. The molecule has 0 spiro atoms. The highest BCUT2D eigenvalue weighted by atomic mass is 16.4. The Kier molecular flexibility index (Phi) is 5.30. The third kappa shape index (κ3) is 3.65. The van der Waals surface area contributed by atoms with Crippen molar-refractivity contribution in [2.45, 2.75) is 69.7 Å². The first kappa shape index (κ1) is 18.2. The summed E-state index contributed by atoms with van der Waals surface area (Å²) in [6.45, 7) is 1.40. The number of fused-ring (bicyclic) bond motifs is 1. The number of carbonyl (C=O) groups is 1. The molecule has 1 aromatic carbocycles. The fourth-order valence-electron chi connectivity index (χ4n) is 4.87. The fourth-order valence-corrected chi connectivity index (χ4v) is 4.87. The molecule has 144 valence electrons. The number of hydrogen-bond donors (Lipinski definition) is 2. The second-order valence-corrected chi connectivity index (χ2v) is 8.07. The second kappa shape index (κ2) is 7.85. The van der Waals surface area contributed by atoms with Crippen LogP contribution in [0.4, 0.5) is 0 Å². The minimum Gasteiger partial charge on any atom is -0.478 e. The van der Waals surface area contributed by atoms with Crippen LogP contribution in [0.2, 0.25) is 0 Å². The molecule has 5 nitrogen and oxygen atoms in total. The van der Waals surface area contributed by atoms with Crippen molar-refractivity contribution in [1.82, 2.24) is 9.78 Å². The lowest BCUT2D eigenvalue weighted by Crippen LogP contribution is -2.21. The lowest BCUT2D eigenvalue weighted by atomic mass is 9.79. The molecule has 1 atom stereocenters. The number of nitrogens with two attached hydrogens (primary N) is 1. The zero-order chi connectivity index (χ0) is 18.8. The molecular weight excluding hydrogens is 338 g/mol. The van der Waals surface area contributed by atoms with Crippen molar-refractivity contribution < 1.29 is 9.90 Å². The maximum absolute atomic E-state index is 11.1. The van der Waals surface area contributed by atoms with Crippen molar-refractivity contribution in [3.05, 3.63) is 52.3 Å². The van der Waals surface area contributed by atoms with E-state index in [1.165, 1.54) is 61.9 Å². The molecule has 0 amide bonds. The minimum atomic E-state index is -0.886. The van der Waals surface area contributed by atoms with Crippen molar-refractivity contribution in [2.24, 2.45) is 5.73 Å². The molecule has 0 saturated heterocycles. The number of benzene rings is 1. The number of aromatic carboxylic acids is 1. The average Bonchev–Trinajstić information content (AvgIpc) is 3.08. The summed E-state index contributed by atoms with van der Waals surface area (Å²) in [4.78, 5) is 11.1. The van der Waals surface area contributed by atoms with Crippen LogP contribution in [0, 0.1) is 0 Å². The largest absolute Gasteiger partial charge is 0.478 e. The Hall–Kier alpha value is -2.14. The van der Waals surface area contributed by atoms with E-state index in [-0.39, 0.29) is 0 Å². The van der Waals surface area contributed by atoms with E-state index in [0.717, 1.165) is 12.0 Å². The molecule has 2 aromatic rings. The molecule has 3 N–H and O–H groups in total. The zero-order valence-corrected chi connectivity index (χ0v) is 15.9. The van der Waals surface area contributed by atoms with Crippen molar-refractivity contribution in [1.29, 1.82) is 0 Å². The van der Waals surface area contributed by atoms with Gasteiger partial charge < -0.3 is 10.8 Å². The van der Waals surface area contributed by atoms with Crippen molar-refractivity contribution in [2.75, 3.05) is 6.54 Å². The maximum Gasteiger partial charge on any atom is 0.335 e. The summed E-state index contributed by atoms with van der Waals surface area (Å²) in [6, 6.07) is 7.17. The summed E-state index contributed by atoms with van der Waals surface area (Å²) >= 11 is 0. The Labute approximate surface area is 160 Å². The summed E-state index contributed by atoms with van der Waals surface area (Å²) in [6.07, 6.45) is 9.84. The molecule has 0 bridgehead atoms. The highest BCUT2D eigenvalue weighted by Crippen LogP contribution is 2.41. The fraction of sp³-hybridized carbons (Fsp3) is 0.545. The number of aromatic nitrogens is 2. The van der Waals surface area contributed by atoms with E-state index < -0.39 is 5.97 Å². The molecule has 1 aromatic heterocycles. The van der Waals surface area contributed by atoms with Gasteiger partial charge in [0.05, 0.1) is 17.8 Å². The van der Waals surface area contributed by atoms with Crippen LogP contribution in [0.1, 0.15) is 89.7 Å². The highest BCUT2D eigenvalue weighted by Gasteiger charge is 2.31. The van der Waals surface area contributed by atoms with E-state index in [4.69, 9.17) is 15.9 Å². The van der Waals surface area contributed by atoms with Crippen LogP contribution in [0.15, 0.2) is 24.3 Å². The summed E-state index contributed by atoms with van der Waals surface area (Å²) in [5, 5.41) is 14.2. The molecule has 5 heteroatoms. The lowest BCUT2D eigenvalue weighted by Gasteiger charge is -2.26. The van der Waals surface area contributed by atoms with Gasteiger partial charge in [0.2, 0.25) is 0 Å². The summed E-state index contributed by atoms with van der Waals surface area (Å²) in [5.41, 5.74) is 11.7. The van der Waals surface area contributed by atoms with Gasteiger partial charge in [0, 0.05) is 17.2 Å². The number of rotatable bonds is 5. The van der Waals surface area contributed by atoms with Crippen LogP contribution in [0.3, 0.4) is 0 Å². The van der Waals surface area contributed by atoms with Gasteiger partial charge in [-0.2, -0.15) is 5.10 Å². The highest BCUT2D eigenvalue weighted by molar-refractivity contribution is 5.87. The zero-order valence-electron chi connectivity index (χ0n) is 15.9. The van der Waals surface area contributed by atoms with Gasteiger partial charge in [-0.15, -0.1) is 0 Å². The predicted molar refractivity (Wildman–Crippen MR) is 105 cm³/mol. The monoisotopic (exact) mass is 367 g/mol. The Morgan fingerprint density at radius 1 is 1.11 bits per heavy atom. The van der Waals surface area contributed by atoms with E-state index in [1.807, 2.05) is 12.1 Å². The van der Waals surface area contributed by atoms with Crippen LogP contribution >= 0.6 is 0 Å². The van der Waals surface area contributed by atoms with Crippen LogP contribution in [0.5, 0.6) is 0 Å². The number of carboxylic acid groups (broad SMARTS) is 1. The van der Waals surface area contributed by atoms with E-state index in [2.05, 4.69) is 4.68 Å². The standard InChI is InChI=1S/C22H29N3O2/c23-13-18-7-4-8-19-20(18)21(16-5-2-1-3-6-16)24-25(19)14-15-9-11-17(12-10-15)22(26)27/h9-12,16,18H,1-8,13-14,23H2,(H,26,27). The van der Waals surface area contributed by atoms with Gasteiger partial charge in [-0.05, 0) is 62.3 Å². The Bertz CT molecular complexity index is 804. The molecule has 4 rings (SSSR count). The molecule has 27 heavy (non-hydrogen) atoms. The molecule has 1 fully saturated rings. The van der Waals surface area contributed by atoms with Crippen LogP contribution < -0.4 is 5.73 Å². The first-order chi connectivity index (χ1) is 13.2. The molecule has 1 saturated carbocycles. The van der Waals surface area contributed by atoms with Crippen LogP contribution in [-0.2, 0) is 13.0 Å². The Balaban J connectivity index is 1.68. The van der Waals surface area contributed by atoms with Crippen LogP contribution in [0.25, 0.3) is 0 Å². The molecule has 0 radical (unpaired) electrons. The molecular formula is C22H29N3O2. The Morgan fingerprint density at radius 2 is 1.85 bits per heavy atom. The van der Waals surface area contributed by atoms with Gasteiger partial charge in [0.25, 0.3) is 0 Å². The summed E-state index contributed by atoms with van der Waals surface area (Å²) in [7, 11) is 0. The van der Waals surface area contributed by atoms with Gasteiger partial charge in [-0.1, -0.05) is 31.4 Å². The quantitative estimate of drug-likeness (QED) is 0.835. The topological polar surface area (TPSA) is 81.1 Å². The minimum absolute atomic E-state index is 0.326. The summed E-state index contributed by atoms with van der Waals surface area (Å²) < 4.78 is 2.18. The van der Waals surface area contributed by atoms with Gasteiger partial charge in [0.1, 0.15) is 0 Å². The van der Waals surface area contributed by atoms with E-state index >= 15 is 0 Å². The van der Waals surface area contributed by atoms with Crippen molar-refractivity contribution in [3.63, 3.8) is 0 Å². The molecule has 1 heterocycles. The first-order valence-corrected chi connectivity index (χ1v) is 10.3. The number of carboxylic acids is 1. The van der Waals surface area contributed by atoms with E-state index in [9.17, 15) is 4.79 Å². The van der Waals surface area contributed by atoms with Gasteiger partial charge in [-0.25, -0.2) is 4.79 Å². The molecule has 0 aliphatic heterocycles. The van der Waals surface area contributed by atoms with Crippen molar-refractivity contribution in [3.8, 4) is 0 Å². The Morgan fingerprint density at radius 3 is 2.52 bits per heavy atom. The maximum atomic E-state index is 11.1. The molecule has 2 aliphatic carbocycles. The van der Waals surface area contributed by atoms with Gasteiger partial charge >= 0.3 is 5.97 Å². The smallest absolute Gasteiger partial charge is 0.335 e. The number of nitrogens with zero attached hydrogens (tertiary/aromatic N) is 2. The lowest BCUT2D eigenvalue weighted by molar-refractivity contribution is 0.0697. The van der Waals surface area contributed by atoms with E-state index in [0.29, 0.717) is 30.5 Å². The number of hydrogen-bond acceptors (Lipinski definition) is 3. The summed E-state index contributed by atoms with van der Waals surface area (Å²) in [5.74, 6) is 0.132. The first-order valence-electron chi connectivity index (χ1n) is 10.3. The molecule has 2 aliphatic rings. The van der Waals surface area contributed by atoms with Crippen molar-refractivity contribution >= 4 is 5.97 Å². The third-order valence-electron chi connectivity index (χ3n) is 6.31. The van der Waals surface area contributed by atoms with Crippen LogP contribution in [-0.4, -0.2) is 27.4 Å².